The first-order valence-electron chi connectivity index (χ1n) is 13.9. The molecular weight excluding hydrogens is 512 g/mol. The number of aliphatic hydroxyl groups excluding tert-OH is 3. The fourth-order valence-corrected chi connectivity index (χ4v) is 9.22. The Morgan fingerprint density at radius 3 is 2.37 bits per heavy atom. The fourth-order valence-electron chi connectivity index (χ4n) is 8.58. The van der Waals surface area contributed by atoms with Gasteiger partial charge in [0.2, 0.25) is 0 Å². The molecule has 5 N–H and O–H groups in total. The number of hydrogen-bond acceptors (Lipinski definition) is 9. The third kappa shape index (κ3) is 4.62. The van der Waals surface area contributed by atoms with Crippen molar-refractivity contribution in [3.63, 3.8) is 0 Å². The third-order valence-corrected chi connectivity index (χ3v) is 11.6. The van der Waals surface area contributed by atoms with E-state index in [1.54, 1.807) is 6.92 Å². The Hall–Kier alpha value is -0.880. The summed E-state index contributed by atoms with van der Waals surface area (Å²) in [5.74, 6) is -1.49. The monoisotopic (exact) mass is 558 g/mol. The van der Waals surface area contributed by atoms with Gasteiger partial charge in [-0.25, -0.2) is 0 Å². The van der Waals surface area contributed by atoms with Gasteiger partial charge in [-0.1, -0.05) is 27.7 Å². The quantitative estimate of drug-likeness (QED) is 0.293. The molecule has 10 heteroatoms. The van der Waals surface area contributed by atoms with E-state index in [9.17, 15) is 38.7 Å². The number of rotatable bonds is 7. The van der Waals surface area contributed by atoms with E-state index in [0.29, 0.717) is 31.3 Å². The number of aliphatic hydroxyl groups is 5. The molecule has 0 bridgehead atoms. The molecule has 9 nitrogen and oxygen atoms in total. The maximum atomic E-state index is 13.5. The molecule has 0 amide bonds. The average Bonchev–Trinajstić information content (AvgIpc) is 3.06. The number of ketones is 1. The molecule has 38 heavy (non-hydrogen) atoms. The van der Waals surface area contributed by atoms with Crippen LogP contribution in [-0.2, 0) is 19.1 Å². The van der Waals surface area contributed by atoms with Gasteiger partial charge in [0.05, 0.1) is 35.8 Å². The first kappa shape index (κ1) is 30.1. The second-order valence-electron chi connectivity index (χ2n) is 13.7. The molecule has 4 aliphatic rings. The Kier molecular flexibility index (Phi) is 7.60. The number of hydrogen-bond donors (Lipinski definition) is 5. The minimum absolute atomic E-state index is 0.0171. The van der Waals surface area contributed by atoms with Crippen LogP contribution in [0.25, 0.3) is 0 Å². The second kappa shape index (κ2) is 9.60. The van der Waals surface area contributed by atoms with Crippen molar-refractivity contribution < 1.29 is 42.9 Å². The normalized spacial score (nSPS) is 44.5. The zero-order valence-electron chi connectivity index (χ0n) is 23.4. The van der Waals surface area contributed by atoms with Gasteiger partial charge in [0, 0.05) is 17.8 Å². The zero-order chi connectivity index (χ0) is 28.6. The molecule has 0 aromatic heterocycles. The molecule has 0 aromatic rings. The lowest BCUT2D eigenvalue weighted by atomic mass is 9.45. The minimum Gasteiger partial charge on any atom is -0.393 e. The second-order valence-corrected chi connectivity index (χ2v) is 15.3. The summed E-state index contributed by atoms with van der Waals surface area (Å²) in [6.07, 6.45) is 0.598. The first-order valence-corrected chi connectivity index (χ1v) is 15.7. The third-order valence-electron chi connectivity index (χ3n) is 11.0. The van der Waals surface area contributed by atoms with Crippen molar-refractivity contribution in [1.82, 2.24) is 0 Å². The summed E-state index contributed by atoms with van der Waals surface area (Å²) in [7, 11) is -3.82. The molecule has 11 atom stereocenters. The van der Waals surface area contributed by atoms with E-state index in [-0.39, 0.29) is 36.9 Å². The highest BCUT2D eigenvalue weighted by atomic mass is 32.2. The summed E-state index contributed by atoms with van der Waals surface area (Å²) in [6.45, 7) is 9.12. The predicted octanol–water partition coefficient (Wildman–Crippen LogP) is 1.69. The predicted molar refractivity (Wildman–Crippen MR) is 140 cm³/mol. The van der Waals surface area contributed by atoms with E-state index in [2.05, 4.69) is 0 Å². The van der Waals surface area contributed by atoms with E-state index >= 15 is 0 Å². The molecule has 0 saturated heterocycles. The lowest BCUT2D eigenvalue weighted by Crippen LogP contribution is -2.63. The van der Waals surface area contributed by atoms with E-state index in [1.807, 2.05) is 27.7 Å². The van der Waals surface area contributed by atoms with E-state index < -0.39 is 68.4 Å². The Morgan fingerprint density at radius 1 is 1.16 bits per heavy atom. The van der Waals surface area contributed by atoms with Crippen LogP contribution < -0.4 is 0 Å². The summed E-state index contributed by atoms with van der Waals surface area (Å²) in [5.41, 5.74) is -3.90. The molecule has 0 aliphatic heterocycles. The van der Waals surface area contributed by atoms with Crippen LogP contribution in [0.2, 0.25) is 0 Å². The van der Waals surface area contributed by atoms with Crippen LogP contribution in [0.4, 0.5) is 0 Å². The minimum atomic E-state index is -3.82. The molecule has 0 aromatic carbocycles. The molecule has 4 rings (SSSR count). The maximum Gasteiger partial charge on any atom is 0.264 e. The van der Waals surface area contributed by atoms with Gasteiger partial charge in [-0.05, 0) is 80.3 Å². The van der Waals surface area contributed by atoms with Crippen LogP contribution in [0.3, 0.4) is 0 Å². The van der Waals surface area contributed by atoms with Crippen molar-refractivity contribution >= 4 is 15.9 Å². The maximum absolute atomic E-state index is 13.5. The van der Waals surface area contributed by atoms with Crippen LogP contribution in [0.15, 0.2) is 11.6 Å². The Labute approximate surface area is 226 Å². The van der Waals surface area contributed by atoms with Crippen molar-refractivity contribution in [2.24, 2.45) is 34.5 Å². The Morgan fingerprint density at radius 2 is 1.79 bits per heavy atom. The van der Waals surface area contributed by atoms with Crippen molar-refractivity contribution in [3.8, 4) is 0 Å². The highest BCUT2D eigenvalue weighted by molar-refractivity contribution is 7.86. The summed E-state index contributed by atoms with van der Waals surface area (Å²) >= 11 is 0. The number of carbonyl (C=O) groups is 1. The smallest absolute Gasteiger partial charge is 0.264 e. The number of fused-ring (bicyclic) bond motifs is 5. The van der Waals surface area contributed by atoms with Crippen LogP contribution in [-0.4, -0.2) is 81.6 Å². The van der Waals surface area contributed by atoms with Gasteiger partial charge in [0.25, 0.3) is 10.1 Å². The molecule has 0 unspecified atom stereocenters. The zero-order valence-corrected chi connectivity index (χ0v) is 24.2. The Balaban J connectivity index is 1.67. The van der Waals surface area contributed by atoms with Crippen LogP contribution >= 0.6 is 0 Å². The first-order chi connectivity index (χ1) is 17.3. The molecule has 0 spiro atoms. The van der Waals surface area contributed by atoms with E-state index in [4.69, 9.17) is 4.18 Å². The van der Waals surface area contributed by atoms with Gasteiger partial charge in [-0.3, -0.25) is 8.98 Å². The molecule has 0 heterocycles. The van der Waals surface area contributed by atoms with Gasteiger partial charge in [-0.2, -0.15) is 8.42 Å². The van der Waals surface area contributed by atoms with Gasteiger partial charge in [0.15, 0.2) is 5.78 Å². The van der Waals surface area contributed by atoms with Crippen LogP contribution in [0, 0.1) is 34.5 Å². The standard InChI is InChI=1S/C28H46O9S/c1-15(2)19(29)13-24(32)27(5,33)23-8-10-28(34)17-11-20(30)18-12-21(31)22(37-38(6,35)36)14-25(18,3)16(17)7-9-26(23,28)4/h11,15-16,18-19,21-24,29,31-34H,7-10,12-14H2,1-6H3/t16-,18-,19-,21+,22-,23-,24+,25+,26+,27+,28+/m0/s1. The highest BCUT2D eigenvalue weighted by Gasteiger charge is 2.69. The van der Waals surface area contributed by atoms with Gasteiger partial charge >= 0.3 is 0 Å². The van der Waals surface area contributed by atoms with Gasteiger partial charge in [0.1, 0.15) is 6.10 Å². The average molecular weight is 559 g/mol. The van der Waals surface area contributed by atoms with E-state index in [1.165, 1.54) is 6.08 Å². The van der Waals surface area contributed by atoms with Crippen LogP contribution in [0.5, 0.6) is 0 Å². The lowest BCUT2D eigenvalue weighted by Gasteiger charge is -2.61. The van der Waals surface area contributed by atoms with Crippen molar-refractivity contribution in [1.29, 1.82) is 0 Å². The summed E-state index contributed by atoms with van der Waals surface area (Å²) in [4.78, 5) is 13.5. The topological polar surface area (TPSA) is 162 Å². The molecule has 218 valence electrons. The fraction of sp³-hybridized carbons (Fsp3) is 0.893. The molecule has 3 saturated carbocycles. The van der Waals surface area contributed by atoms with E-state index in [0.717, 1.165) is 6.26 Å². The van der Waals surface area contributed by atoms with Crippen molar-refractivity contribution in [3.05, 3.63) is 11.6 Å². The molecular formula is C28H46O9S. The Bertz CT molecular complexity index is 1080. The lowest BCUT2D eigenvalue weighted by molar-refractivity contribution is -0.178. The summed E-state index contributed by atoms with van der Waals surface area (Å²) in [6, 6.07) is 0. The summed E-state index contributed by atoms with van der Waals surface area (Å²) in [5, 5.41) is 56.0. The SMILES string of the molecule is CC(C)[C@@H](O)C[C@@H](O)[C@](C)(O)[C@H]1CC[C@@]2(O)C3=CC(=O)[C@@H]4C[C@@H](O)[C@@H](OS(C)(=O)=O)C[C@]4(C)[C@H]3CC[C@]12C. The molecule has 4 aliphatic carbocycles. The molecule has 3 fully saturated rings. The van der Waals surface area contributed by atoms with Crippen LogP contribution in [0.1, 0.15) is 79.6 Å². The van der Waals surface area contributed by atoms with Crippen molar-refractivity contribution in [2.75, 3.05) is 6.26 Å². The van der Waals surface area contributed by atoms with Gasteiger partial charge in [-0.15, -0.1) is 0 Å². The molecule has 0 radical (unpaired) electrons. The number of carbonyl (C=O) groups excluding carboxylic acids is 1. The summed E-state index contributed by atoms with van der Waals surface area (Å²) < 4.78 is 29.0. The largest absolute Gasteiger partial charge is 0.393 e. The number of allylic oxidation sites excluding steroid dienone is 1. The highest BCUT2D eigenvalue weighted by Crippen LogP contribution is 2.68. The van der Waals surface area contributed by atoms with Gasteiger partial charge < -0.3 is 25.5 Å². The van der Waals surface area contributed by atoms with Crippen molar-refractivity contribution in [2.45, 2.75) is 115 Å².